The molecule has 92 valence electrons. The number of nitro groups is 1. The lowest BCUT2D eigenvalue weighted by atomic mass is 10.2. The molecule has 1 aromatic rings. The Hall–Kier alpha value is -1.46. The van der Waals surface area contributed by atoms with E-state index >= 15 is 0 Å². The smallest absolute Gasteiger partial charge is 0.269 e. The Labute approximate surface area is 100 Å². The van der Waals surface area contributed by atoms with Crippen molar-refractivity contribution in [2.24, 2.45) is 0 Å². The Morgan fingerprint density at radius 1 is 1.47 bits per heavy atom. The maximum absolute atomic E-state index is 10.5. The molecule has 0 amide bonds. The maximum Gasteiger partial charge on any atom is 0.269 e. The number of methoxy groups -OCH3 is 1. The van der Waals surface area contributed by atoms with Crippen molar-refractivity contribution in [3.8, 4) is 0 Å². The molecular formula is C12H16N2O3. The van der Waals surface area contributed by atoms with Crippen molar-refractivity contribution in [1.29, 1.82) is 0 Å². The summed E-state index contributed by atoms with van der Waals surface area (Å²) >= 11 is 0. The lowest BCUT2D eigenvalue weighted by Crippen LogP contribution is -2.22. The average molecular weight is 236 g/mol. The molecule has 1 saturated heterocycles. The van der Waals surface area contributed by atoms with Gasteiger partial charge in [0, 0.05) is 38.9 Å². The molecule has 0 saturated carbocycles. The fourth-order valence-corrected chi connectivity index (χ4v) is 2.11. The summed E-state index contributed by atoms with van der Waals surface area (Å²) in [6.07, 6.45) is 1.39. The third-order valence-corrected chi connectivity index (χ3v) is 3.12. The Bertz CT molecular complexity index is 391. The van der Waals surface area contributed by atoms with Crippen molar-refractivity contribution < 1.29 is 9.66 Å². The van der Waals surface area contributed by atoms with Crippen LogP contribution in [-0.2, 0) is 11.3 Å². The first-order valence-corrected chi connectivity index (χ1v) is 5.67. The topological polar surface area (TPSA) is 55.6 Å². The molecule has 0 bridgehead atoms. The fourth-order valence-electron chi connectivity index (χ4n) is 2.11. The van der Waals surface area contributed by atoms with E-state index in [9.17, 15) is 10.1 Å². The minimum Gasteiger partial charge on any atom is -0.380 e. The van der Waals surface area contributed by atoms with E-state index in [0.29, 0.717) is 6.10 Å². The number of ether oxygens (including phenoxy) is 1. The molecule has 2 rings (SSSR count). The standard InChI is InChI=1S/C12H16N2O3/c1-17-12-6-7-13(9-12)8-10-2-4-11(5-3-10)14(15)16/h2-5,12H,6-9H2,1H3/t12-/m1/s1. The number of nitrogens with zero attached hydrogens (tertiary/aromatic N) is 2. The zero-order valence-corrected chi connectivity index (χ0v) is 9.83. The second-order valence-corrected chi connectivity index (χ2v) is 4.31. The van der Waals surface area contributed by atoms with Crippen LogP contribution < -0.4 is 0 Å². The summed E-state index contributed by atoms with van der Waals surface area (Å²) in [5, 5.41) is 10.5. The molecule has 1 atom stereocenters. The van der Waals surface area contributed by atoms with Gasteiger partial charge < -0.3 is 4.74 Å². The van der Waals surface area contributed by atoms with Gasteiger partial charge >= 0.3 is 0 Å². The molecule has 1 aliphatic heterocycles. The van der Waals surface area contributed by atoms with Crippen molar-refractivity contribution >= 4 is 5.69 Å². The summed E-state index contributed by atoms with van der Waals surface area (Å²) in [6.45, 7) is 2.79. The lowest BCUT2D eigenvalue weighted by molar-refractivity contribution is -0.384. The van der Waals surface area contributed by atoms with Crippen LogP contribution in [0.1, 0.15) is 12.0 Å². The minimum absolute atomic E-state index is 0.143. The summed E-state index contributed by atoms with van der Waals surface area (Å²) < 4.78 is 5.30. The molecule has 1 aromatic carbocycles. The first kappa shape index (κ1) is 12.0. The lowest BCUT2D eigenvalue weighted by Gasteiger charge is -2.15. The van der Waals surface area contributed by atoms with Crippen molar-refractivity contribution in [3.05, 3.63) is 39.9 Å². The number of likely N-dealkylation sites (tertiary alicyclic amines) is 1. The van der Waals surface area contributed by atoms with Crippen LogP contribution in [0.15, 0.2) is 24.3 Å². The molecule has 17 heavy (non-hydrogen) atoms. The van der Waals surface area contributed by atoms with E-state index in [0.717, 1.165) is 31.6 Å². The molecule has 5 heteroatoms. The van der Waals surface area contributed by atoms with Crippen molar-refractivity contribution in [2.45, 2.75) is 19.1 Å². The zero-order valence-electron chi connectivity index (χ0n) is 9.83. The van der Waals surface area contributed by atoms with E-state index in [1.165, 1.54) is 0 Å². The van der Waals surface area contributed by atoms with Gasteiger partial charge in [0.1, 0.15) is 0 Å². The van der Waals surface area contributed by atoms with Crippen LogP contribution in [0.4, 0.5) is 5.69 Å². The fraction of sp³-hybridized carbons (Fsp3) is 0.500. The minimum atomic E-state index is -0.374. The normalized spacial score (nSPS) is 20.6. The van der Waals surface area contributed by atoms with Gasteiger partial charge in [0.15, 0.2) is 0 Å². The van der Waals surface area contributed by atoms with Crippen LogP contribution in [0.5, 0.6) is 0 Å². The number of benzene rings is 1. The summed E-state index contributed by atoms with van der Waals surface area (Å²) in [4.78, 5) is 12.4. The highest BCUT2D eigenvalue weighted by Gasteiger charge is 2.21. The number of rotatable bonds is 4. The third-order valence-electron chi connectivity index (χ3n) is 3.12. The van der Waals surface area contributed by atoms with E-state index in [-0.39, 0.29) is 10.6 Å². The molecule has 0 aliphatic carbocycles. The number of non-ortho nitro benzene ring substituents is 1. The van der Waals surface area contributed by atoms with Crippen molar-refractivity contribution in [1.82, 2.24) is 4.90 Å². The van der Waals surface area contributed by atoms with Crippen LogP contribution in [-0.4, -0.2) is 36.1 Å². The van der Waals surface area contributed by atoms with E-state index in [2.05, 4.69) is 4.90 Å². The van der Waals surface area contributed by atoms with E-state index in [1.807, 2.05) is 12.1 Å². The highest BCUT2D eigenvalue weighted by molar-refractivity contribution is 5.32. The predicted molar refractivity (Wildman–Crippen MR) is 63.8 cm³/mol. The molecule has 0 unspecified atom stereocenters. The van der Waals surface area contributed by atoms with Gasteiger partial charge in [-0.05, 0) is 12.0 Å². The SMILES string of the molecule is CO[C@@H]1CCN(Cc2ccc([N+](=O)[O-])cc2)C1. The summed E-state index contributed by atoms with van der Waals surface area (Å²) in [6, 6.07) is 6.74. The second-order valence-electron chi connectivity index (χ2n) is 4.31. The van der Waals surface area contributed by atoms with Crippen LogP contribution in [0.3, 0.4) is 0 Å². The van der Waals surface area contributed by atoms with Gasteiger partial charge in [-0.2, -0.15) is 0 Å². The summed E-state index contributed by atoms with van der Waals surface area (Å²) in [5.74, 6) is 0. The highest BCUT2D eigenvalue weighted by Crippen LogP contribution is 2.17. The van der Waals surface area contributed by atoms with Gasteiger partial charge in [-0.25, -0.2) is 0 Å². The Morgan fingerprint density at radius 2 is 2.18 bits per heavy atom. The zero-order chi connectivity index (χ0) is 12.3. The molecule has 0 radical (unpaired) electrons. The quantitative estimate of drug-likeness (QED) is 0.591. The van der Waals surface area contributed by atoms with Crippen LogP contribution in [0.25, 0.3) is 0 Å². The molecule has 1 aliphatic rings. The van der Waals surface area contributed by atoms with Crippen molar-refractivity contribution in [2.75, 3.05) is 20.2 Å². The predicted octanol–water partition coefficient (Wildman–Crippen LogP) is 1.82. The monoisotopic (exact) mass is 236 g/mol. The highest BCUT2D eigenvalue weighted by atomic mass is 16.6. The van der Waals surface area contributed by atoms with E-state index in [1.54, 1.807) is 19.2 Å². The Kier molecular flexibility index (Phi) is 3.71. The second kappa shape index (κ2) is 5.25. The average Bonchev–Trinajstić information content (AvgIpc) is 2.77. The van der Waals surface area contributed by atoms with Crippen LogP contribution >= 0.6 is 0 Å². The van der Waals surface area contributed by atoms with Gasteiger partial charge in [0.25, 0.3) is 5.69 Å². The first-order valence-electron chi connectivity index (χ1n) is 5.67. The first-order chi connectivity index (χ1) is 8.19. The van der Waals surface area contributed by atoms with Gasteiger partial charge in [-0.1, -0.05) is 12.1 Å². The number of nitro benzene ring substituents is 1. The van der Waals surface area contributed by atoms with Gasteiger partial charge in [0.2, 0.25) is 0 Å². The van der Waals surface area contributed by atoms with Crippen molar-refractivity contribution in [3.63, 3.8) is 0 Å². The molecule has 1 heterocycles. The summed E-state index contributed by atoms with van der Waals surface area (Å²) in [5.41, 5.74) is 1.25. The van der Waals surface area contributed by atoms with Crippen LogP contribution in [0.2, 0.25) is 0 Å². The molecule has 1 fully saturated rings. The third kappa shape index (κ3) is 3.01. The van der Waals surface area contributed by atoms with Gasteiger partial charge in [-0.15, -0.1) is 0 Å². The molecular weight excluding hydrogens is 220 g/mol. The number of hydrogen-bond donors (Lipinski definition) is 0. The largest absolute Gasteiger partial charge is 0.380 e. The van der Waals surface area contributed by atoms with Gasteiger partial charge in [-0.3, -0.25) is 15.0 Å². The number of hydrogen-bond acceptors (Lipinski definition) is 4. The Balaban J connectivity index is 1.93. The van der Waals surface area contributed by atoms with E-state index in [4.69, 9.17) is 4.74 Å². The van der Waals surface area contributed by atoms with Crippen LogP contribution in [0, 0.1) is 10.1 Å². The van der Waals surface area contributed by atoms with E-state index < -0.39 is 0 Å². The molecule has 0 aromatic heterocycles. The Morgan fingerprint density at radius 3 is 2.71 bits per heavy atom. The van der Waals surface area contributed by atoms with Gasteiger partial charge in [0.05, 0.1) is 11.0 Å². The summed E-state index contributed by atoms with van der Waals surface area (Å²) in [7, 11) is 1.74. The molecule has 0 N–H and O–H groups in total. The molecule has 0 spiro atoms. The maximum atomic E-state index is 10.5. The molecule has 5 nitrogen and oxygen atoms in total.